The van der Waals surface area contributed by atoms with Crippen LogP contribution >= 0.6 is 11.6 Å². The summed E-state index contributed by atoms with van der Waals surface area (Å²) < 4.78 is 2.00. The highest BCUT2D eigenvalue weighted by Gasteiger charge is 2.09. The van der Waals surface area contributed by atoms with Gasteiger partial charge >= 0.3 is 0 Å². The molecule has 0 aliphatic rings. The Kier molecular flexibility index (Phi) is 2.55. The number of benzene rings is 1. The lowest BCUT2D eigenvalue weighted by Crippen LogP contribution is -1.86. The highest BCUT2D eigenvalue weighted by Crippen LogP contribution is 2.27. The second kappa shape index (κ2) is 4.21. The van der Waals surface area contributed by atoms with E-state index in [9.17, 15) is 0 Å². The van der Waals surface area contributed by atoms with Gasteiger partial charge in [-0.2, -0.15) is 5.26 Å². The molecule has 18 heavy (non-hydrogen) atoms. The van der Waals surface area contributed by atoms with Gasteiger partial charge in [0.2, 0.25) is 0 Å². The van der Waals surface area contributed by atoms with Crippen LogP contribution in [0.5, 0.6) is 0 Å². The molecule has 0 atom stereocenters. The fourth-order valence-electron chi connectivity index (χ4n) is 2.11. The molecule has 0 radical (unpaired) electrons. The van der Waals surface area contributed by atoms with E-state index in [4.69, 9.17) is 16.9 Å². The number of hydrogen-bond acceptors (Lipinski definition) is 1. The second-order valence-corrected chi connectivity index (χ2v) is 4.46. The Morgan fingerprint density at radius 3 is 2.72 bits per heavy atom. The summed E-state index contributed by atoms with van der Waals surface area (Å²) in [5, 5.41) is 9.85. The number of aromatic nitrogens is 1. The van der Waals surface area contributed by atoms with Crippen LogP contribution in [0.3, 0.4) is 0 Å². The second-order valence-electron chi connectivity index (χ2n) is 4.02. The predicted octanol–water partition coefficient (Wildman–Crippen LogP) is 4.13. The number of nitrogens with zero attached hydrogens (tertiary/aromatic N) is 2. The van der Waals surface area contributed by atoms with Crippen LogP contribution in [0, 0.1) is 11.3 Å². The Labute approximate surface area is 110 Å². The van der Waals surface area contributed by atoms with Crippen LogP contribution in [0.25, 0.3) is 16.8 Å². The smallest absolute Gasteiger partial charge is 0.101 e. The van der Waals surface area contributed by atoms with Crippen molar-refractivity contribution in [2.24, 2.45) is 0 Å². The number of halogens is 1. The van der Waals surface area contributed by atoms with E-state index in [1.807, 2.05) is 59.1 Å². The summed E-state index contributed by atoms with van der Waals surface area (Å²) >= 11 is 6.01. The predicted molar refractivity (Wildman–Crippen MR) is 72.6 cm³/mol. The van der Waals surface area contributed by atoms with Crippen LogP contribution < -0.4 is 0 Å². The molecule has 0 aliphatic carbocycles. The monoisotopic (exact) mass is 252 g/mol. The standard InChI is InChI=1S/C15H9ClN2/c16-13-5-3-4-11(8-13)15-9-12(10-17)14-6-1-2-7-18(14)15/h1-9H. The van der Waals surface area contributed by atoms with E-state index in [2.05, 4.69) is 6.07 Å². The normalized spacial score (nSPS) is 10.4. The van der Waals surface area contributed by atoms with Crippen LogP contribution in [0.15, 0.2) is 54.7 Å². The summed E-state index contributed by atoms with van der Waals surface area (Å²) in [5.74, 6) is 0. The molecule has 3 aromatic rings. The molecule has 86 valence electrons. The van der Waals surface area contributed by atoms with Crippen LogP contribution in [-0.4, -0.2) is 4.40 Å². The Hall–Kier alpha value is -2.24. The molecular formula is C15H9ClN2. The molecule has 0 spiro atoms. The van der Waals surface area contributed by atoms with Gasteiger partial charge in [0.05, 0.1) is 16.8 Å². The SMILES string of the molecule is N#Cc1cc(-c2cccc(Cl)c2)n2ccccc12. The first-order valence-corrected chi connectivity index (χ1v) is 5.93. The number of fused-ring (bicyclic) bond motifs is 1. The Morgan fingerprint density at radius 2 is 1.94 bits per heavy atom. The molecule has 0 N–H and O–H groups in total. The summed E-state index contributed by atoms with van der Waals surface area (Å²) in [4.78, 5) is 0. The van der Waals surface area contributed by atoms with Crippen molar-refractivity contribution in [3.63, 3.8) is 0 Å². The van der Waals surface area contributed by atoms with Crippen molar-refractivity contribution < 1.29 is 0 Å². The summed E-state index contributed by atoms with van der Waals surface area (Å²) in [6.45, 7) is 0. The molecule has 3 heteroatoms. The summed E-state index contributed by atoms with van der Waals surface area (Å²) in [6.07, 6.45) is 1.95. The molecule has 0 saturated carbocycles. The van der Waals surface area contributed by atoms with Gasteiger partial charge in [-0.05, 0) is 30.3 Å². The first-order valence-electron chi connectivity index (χ1n) is 5.56. The van der Waals surface area contributed by atoms with Crippen molar-refractivity contribution in [1.82, 2.24) is 4.40 Å². The van der Waals surface area contributed by atoms with Gasteiger partial charge in [-0.1, -0.05) is 29.8 Å². The molecule has 0 unspecified atom stereocenters. The van der Waals surface area contributed by atoms with Crippen LogP contribution in [0.4, 0.5) is 0 Å². The largest absolute Gasteiger partial charge is 0.315 e. The summed E-state index contributed by atoms with van der Waals surface area (Å²) in [7, 11) is 0. The highest BCUT2D eigenvalue weighted by atomic mass is 35.5. The van der Waals surface area contributed by atoms with E-state index in [-0.39, 0.29) is 0 Å². The average molecular weight is 253 g/mol. The fraction of sp³-hybridized carbons (Fsp3) is 0. The van der Waals surface area contributed by atoms with E-state index in [1.165, 1.54) is 0 Å². The molecule has 3 rings (SSSR count). The minimum atomic E-state index is 0.672. The van der Waals surface area contributed by atoms with Crippen molar-refractivity contribution in [3.8, 4) is 17.3 Å². The van der Waals surface area contributed by atoms with Crippen LogP contribution in [-0.2, 0) is 0 Å². The first kappa shape index (κ1) is 10.9. The molecule has 0 saturated heterocycles. The van der Waals surface area contributed by atoms with Crippen molar-refractivity contribution in [3.05, 3.63) is 65.3 Å². The van der Waals surface area contributed by atoms with Crippen LogP contribution in [0.1, 0.15) is 5.56 Å². The van der Waals surface area contributed by atoms with E-state index in [0.29, 0.717) is 10.6 Å². The minimum Gasteiger partial charge on any atom is -0.315 e. The molecule has 0 amide bonds. The van der Waals surface area contributed by atoms with Gasteiger partial charge in [0.25, 0.3) is 0 Å². The molecule has 0 aliphatic heterocycles. The van der Waals surface area contributed by atoms with Crippen LogP contribution in [0.2, 0.25) is 5.02 Å². The van der Waals surface area contributed by atoms with E-state index >= 15 is 0 Å². The zero-order chi connectivity index (χ0) is 12.5. The first-order chi connectivity index (χ1) is 8.79. The quantitative estimate of drug-likeness (QED) is 0.640. The topological polar surface area (TPSA) is 28.2 Å². The van der Waals surface area contributed by atoms with Gasteiger partial charge in [-0.15, -0.1) is 0 Å². The van der Waals surface area contributed by atoms with E-state index < -0.39 is 0 Å². The average Bonchev–Trinajstić information content (AvgIpc) is 2.77. The zero-order valence-electron chi connectivity index (χ0n) is 9.47. The molecule has 2 nitrogen and oxygen atoms in total. The molecule has 0 bridgehead atoms. The molecule has 2 aromatic heterocycles. The van der Waals surface area contributed by atoms with Gasteiger partial charge in [0.1, 0.15) is 6.07 Å². The maximum absolute atomic E-state index is 9.16. The van der Waals surface area contributed by atoms with Gasteiger partial charge in [0.15, 0.2) is 0 Å². The molecule has 0 fully saturated rings. The lowest BCUT2D eigenvalue weighted by molar-refractivity contribution is 1.20. The van der Waals surface area contributed by atoms with Crippen molar-refractivity contribution >= 4 is 17.1 Å². The van der Waals surface area contributed by atoms with Crippen molar-refractivity contribution in [1.29, 1.82) is 5.26 Å². The van der Waals surface area contributed by atoms with Gasteiger partial charge in [-0.25, -0.2) is 0 Å². The lowest BCUT2D eigenvalue weighted by Gasteiger charge is -2.03. The minimum absolute atomic E-state index is 0.672. The van der Waals surface area contributed by atoms with Crippen molar-refractivity contribution in [2.45, 2.75) is 0 Å². The highest BCUT2D eigenvalue weighted by molar-refractivity contribution is 6.30. The molecule has 1 aromatic carbocycles. The Balaban J connectivity index is 2.34. The third-order valence-corrected chi connectivity index (χ3v) is 3.15. The third kappa shape index (κ3) is 1.66. The molecular weight excluding hydrogens is 244 g/mol. The number of rotatable bonds is 1. The maximum atomic E-state index is 9.16. The molecule has 2 heterocycles. The van der Waals surface area contributed by atoms with Gasteiger partial charge < -0.3 is 4.40 Å². The zero-order valence-corrected chi connectivity index (χ0v) is 10.2. The van der Waals surface area contributed by atoms with E-state index in [1.54, 1.807) is 0 Å². The summed E-state index contributed by atoms with van der Waals surface area (Å²) in [6, 6.07) is 17.6. The third-order valence-electron chi connectivity index (χ3n) is 2.92. The Bertz CT molecular complexity index is 766. The number of nitriles is 1. The Morgan fingerprint density at radius 1 is 1.06 bits per heavy atom. The van der Waals surface area contributed by atoms with Gasteiger partial charge in [-0.3, -0.25) is 0 Å². The summed E-state index contributed by atoms with van der Waals surface area (Å²) in [5.41, 5.74) is 3.57. The van der Waals surface area contributed by atoms with E-state index in [0.717, 1.165) is 16.8 Å². The number of hydrogen-bond donors (Lipinski definition) is 0. The van der Waals surface area contributed by atoms with Gasteiger partial charge in [0, 0.05) is 16.8 Å². The van der Waals surface area contributed by atoms with Crippen molar-refractivity contribution in [2.75, 3.05) is 0 Å². The fourth-order valence-corrected chi connectivity index (χ4v) is 2.30. The number of pyridine rings is 1. The lowest BCUT2D eigenvalue weighted by atomic mass is 10.1. The maximum Gasteiger partial charge on any atom is 0.101 e.